The summed E-state index contributed by atoms with van der Waals surface area (Å²) in [4.78, 5) is 22.8. The fourth-order valence-corrected chi connectivity index (χ4v) is 5.07. The highest BCUT2D eigenvalue weighted by atomic mass is 19.1. The lowest BCUT2D eigenvalue weighted by molar-refractivity contribution is 0.102. The third-order valence-electron chi connectivity index (χ3n) is 7.08. The minimum absolute atomic E-state index is 0.0349. The Balaban J connectivity index is 1.21. The van der Waals surface area contributed by atoms with Gasteiger partial charge in [-0.2, -0.15) is 0 Å². The van der Waals surface area contributed by atoms with Gasteiger partial charge in [0.1, 0.15) is 17.4 Å². The summed E-state index contributed by atoms with van der Waals surface area (Å²) in [5.74, 6) is 0.332. The Morgan fingerprint density at radius 3 is 2.85 bits per heavy atom. The molecular formula is C26H32FN5O2. The SMILES string of the molecule is CN1CCC[C@@H]1c1cc2cnc(NC(=O)c3ccc(OCCC4CCNCC4)cc3F)cc2[nH]1. The average molecular weight is 466 g/mol. The number of anilines is 1. The molecular weight excluding hydrogens is 433 g/mol. The largest absolute Gasteiger partial charge is 0.493 e. The maximum atomic E-state index is 14.7. The maximum Gasteiger partial charge on any atom is 0.259 e. The number of piperidine rings is 1. The Kier molecular flexibility index (Phi) is 6.78. The monoisotopic (exact) mass is 465 g/mol. The summed E-state index contributed by atoms with van der Waals surface area (Å²) in [6, 6.07) is 8.67. The van der Waals surface area contributed by atoms with Crippen LogP contribution in [0.15, 0.2) is 36.5 Å². The molecule has 4 heterocycles. The van der Waals surface area contributed by atoms with E-state index in [4.69, 9.17) is 4.74 Å². The molecule has 7 nitrogen and oxygen atoms in total. The van der Waals surface area contributed by atoms with Crippen molar-refractivity contribution in [3.8, 4) is 5.75 Å². The van der Waals surface area contributed by atoms with E-state index in [9.17, 15) is 9.18 Å². The molecule has 2 aliphatic rings. The standard InChI is InChI=1S/C26H32FN5O2/c1-32-11-2-3-24(32)23-13-18-16-29-25(15-22(18)30-23)31-26(33)20-5-4-19(14-21(20)27)34-12-8-17-6-9-28-10-7-17/h4-5,13-17,24,28,30H,2-3,6-12H2,1H3,(H,29,31,33)/t24-/m1/s1. The van der Waals surface area contributed by atoms with Gasteiger partial charge >= 0.3 is 0 Å². The quantitative estimate of drug-likeness (QED) is 0.479. The highest BCUT2D eigenvalue weighted by Gasteiger charge is 2.24. The number of likely N-dealkylation sites (tertiary alicyclic amines) is 1. The summed E-state index contributed by atoms with van der Waals surface area (Å²) >= 11 is 0. The Morgan fingerprint density at radius 1 is 1.24 bits per heavy atom. The number of rotatable bonds is 7. The first-order valence-electron chi connectivity index (χ1n) is 12.2. The van der Waals surface area contributed by atoms with Gasteiger partial charge in [-0.15, -0.1) is 0 Å². The highest BCUT2D eigenvalue weighted by molar-refractivity contribution is 6.04. The van der Waals surface area contributed by atoms with E-state index in [1.54, 1.807) is 18.3 Å². The summed E-state index contributed by atoms with van der Waals surface area (Å²) in [6.45, 7) is 3.74. The zero-order valence-electron chi connectivity index (χ0n) is 19.6. The number of pyridine rings is 1. The first-order valence-corrected chi connectivity index (χ1v) is 12.2. The van der Waals surface area contributed by atoms with E-state index in [0.29, 0.717) is 30.1 Å². The molecule has 5 rings (SSSR count). The molecule has 3 aromatic rings. The van der Waals surface area contributed by atoms with Crippen molar-refractivity contribution in [1.82, 2.24) is 20.2 Å². The molecule has 0 aliphatic carbocycles. The molecule has 0 spiro atoms. The Hall–Kier alpha value is -2.97. The molecule has 2 aliphatic heterocycles. The molecule has 2 fully saturated rings. The number of halogens is 1. The van der Waals surface area contributed by atoms with Crippen LogP contribution in [0.1, 0.15) is 54.2 Å². The van der Waals surface area contributed by atoms with Gasteiger partial charge in [0.15, 0.2) is 0 Å². The molecule has 8 heteroatoms. The second-order valence-electron chi connectivity index (χ2n) is 9.45. The van der Waals surface area contributed by atoms with Crippen LogP contribution < -0.4 is 15.4 Å². The lowest BCUT2D eigenvalue weighted by atomic mass is 9.95. The van der Waals surface area contributed by atoms with Gasteiger partial charge in [-0.3, -0.25) is 9.69 Å². The van der Waals surface area contributed by atoms with Gasteiger partial charge in [-0.25, -0.2) is 9.37 Å². The van der Waals surface area contributed by atoms with Crippen molar-refractivity contribution in [2.45, 2.75) is 38.1 Å². The summed E-state index contributed by atoms with van der Waals surface area (Å²) < 4.78 is 20.4. The van der Waals surface area contributed by atoms with Crippen molar-refractivity contribution in [2.24, 2.45) is 5.92 Å². The number of hydrogen-bond acceptors (Lipinski definition) is 5. The molecule has 34 heavy (non-hydrogen) atoms. The average Bonchev–Trinajstić information content (AvgIpc) is 3.45. The lowest BCUT2D eigenvalue weighted by Gasteiger charge is -2.22. The lowest BCUT2D eigenvalue weighted by Crippen LogP contribution is -2.28. The van der Waals surface area contributed by atoms with Gasteiger partial charge < -0.3 is 20.4 Å². The number of amides is 1. The molecule has 0 unspecified atom stereocenters. The minimum atomic E-state index is -0.607. The van der Waals surface area contributed by atoms with Crippen molar-refractivity contribution in [3.05, 3.63) is 53.6 Å². The van der Waals surface area contributed by atoms with Crippen molar-refractivity contribution in [1.29, 1.82) is 0 Å². The van der Waals surface area contributed by atoms with Gasteiger partial charge in [0.2, 0.25) is 0 Å². The number of carbonyl (C=O) groups is 1. The summed E-state index contributed by atoms with van der Waals surface area (Å²) in [7, 11) is 2.13. The number of aromatic nitrogens is 2. The number of ether oxygens (including phenoxy) is 1. The summed E-state index contributed by atoms with van der Waals surface area (Å²) in [5, 5.41) is 7.06. The highest BCUT2D eigenvalue weighted by Crippen LogP contribution is 2.32. The molecule has 180 valence electrons. The van der Waals surface area contributed by atoms with Gasteiger partial charge in [0.25, 0.3) is 5.91 Å². The smallest absolute Gasteiger partial charge is 0.259 e. The van der Waals surface area contributed by atoms with Gasteiger partial charge in [-0.1, -0.05) is 0 Å². The van der Waals surface area contributed by atoms with Crippen molar-refractivity contribution < 1.29 is 13.9 Å². The molecule has 2 saturated heterocycles. The van der Waals surface area contributed by atoms with E-state index in [1.165, 1.54) is 18.6 Å². The van der Waals surface area contributed by atoms with Crippen molar-refractivity contribution in [2.75, 3.05) is 38.6 Å². The summed E-state index contributed by atoms with van der Waals surface area (Å²) in [6.07, 6.45) is 7.30. The molecule has 0 bridgehead atoms. The third kappa shape index (κ3) is 5.08. The van der Waals surface area contributed by atoms with Crippen LogP contribution in [0.2, 0.25) is 0 Å². The van der Waals surface area contributed by atoms with E-state index in [1.807, 2.05) is 0 Å². The number of aromatic amines is 1. The molecule has 3 N–H and O–H groups in total. The number of H-pyrrole nitrogens is 1. The van der Waals surface area contributed by atoms with E-state index in [0.717, 1.165) is 61.9 Å². The molecule has 0 saturated carbocycles. The molecule has 1 aromatic carbocycles. The van der Waals surface area contributed by atoms with Crippen LogP contribution in [0.3, 0.4) is 0 Å². The maximum absolute atomic E-state index is 14.7. The number of benzene rings is 1. The van der Waals surface area contributed by atoms with E-state index >= 15 is 0 Å². The zero-order chi connectivity index (χ0) is 23.5. The number of fused-ring (bicyclic) bond motifs is 1. The zero-order valence-corrected chi connectivity index (χ0v) is 19.6. The van der Waals surface area contributed by atoms with E-state index in [2.05, 4.69) is 38.6 Å². The Morgan fingerprint density at radius 2 is 2.09 bits per heavy atom. The van der Waals surface area contributed by atoms with Crippen molar-refractivity contribution >= 4 is 22.6 Å². The first-order chi connectivity index (χ1) is 16.6. The Bertz CT molecular complexity index is 1160. The van der Waals surface area contributed by atoms with Gasteiger partial charge in [0.05, 0.1) is 17.7 Å². The molecule has 0 radical (unpaired) electrons. The molecule has 1 atom stereocenters. The van der Waals surface area contributed by atoms with Crippen LogP contribution in [0.4, 0.5) is 10.2 Å². The number of carbonyl (C=O) groups excluding carboxylic acids is 1. The predicted molar refractivity (Wildman–Crippen MR) is 131 cm³/mol. The van der Waals surface area contributed by atoms with Gasteiger partial charge in [-0.05, 0) is 82.9 Å². The van der Waals surface area contributed by atoms with Crippen molar-refractivity contribution in [3.63, 3.8) is 0 Å². The topological polar surface area (TPSA) is 82.3 Å². The van der Waals surface area contributed by atoms with Crippen LogP contribution in [0, 0.1) is 11.7 Å². The predicted octanol–water partition coefficient (Wildman–Crippen LogP) is 4.49. The molecule has 2 aromatic heterocycles. The van der Waals surface area contributed by atoms with Crippen LogP contribution in [-0.2, 0) is 0 Å². The number of nitrogens with one attached hydrogen (secondary N) is 3. The van der Waals surface area contributed by atoms with Crippen LogP contribution in [0.25, 0.3) is 10.9 Å². The second kappa shape index (κ2) is 10.1. The van der Waals surface area contributed by atoms with E-state index < -0.39 is 11.7 Å². The van der Waals surface area contributed by atoms with E-state index in [-0.39, 0.29) is 5.56 Å². The minimum Gasteiger partial charge on any atom is -0.493 e. The fraction of sp³-hybridized carbons (Fsp3) is 0.462. The second-order valence-corrected chi connectivity index (χ2v) is 9.45. The fourth-order valence-electron chi connectivity index (χ4n) is 5.07. The number of hydrogen-bond donors (Lipinski definition) is 3. The Labute approximate surface area is 199 Å². The first kappa shape index (κ1) is 22.8. The van der Waals surface area contributed by atoms with Crippen LogP contribution in [-0.4, -0.2) is 54.1 Å². The molecule has 1 amide bonds. The van der Waals surface area contributed by atoms with Crippen LogP contribution in [0.5, 0.6) is 5.75 Å². The number of nitrogens with zero attached hydrogens (tertiary/aromatic N) is 2. The van der Waals surface area contributed by atoms with Gasteiger partial charge in [0, 0.05) is 35.5 Å². The third-order valence-corrected chi connectivity index (χ3v) is 7.08. The summed E-state index contributed by atoms with van der Waals surface area (Å²) in [5.41, 5.74) is 2.02. The van der Waals surface area contributed by atoms with Crippen LogP contribution >= 0.6 is 0 Å². The normalized spacial score (nSPS) is 19.5.